The van der Waals surface area contributed by atoms with Crippen LogP contribution < -0.4 is 5.73 Å². The van der Waals surface area contributed by atoms with Crippen LogP contribution in [0.2, 0.25) is 5.02 Å². The second-order valence-corrected chi connectivity index (χ2v) is 5.91. The molecule has 0 amide bonds. The number of benzene rings is 1. The van der Waals surface area contributed by atoms with Gasteiger partial charge in [-0.05, 0) is 53.1 Å². The minimum Gasteiger partial charge on any atom is -0.327 e. The van der Waals surface area contributed by atoms with E-state index in [1.807, 2.05) is 18.3 Å². The fraction of sp³-hybridized carbons (Fsp3) is 0.308. The molecule has 1 heterocycles. The summed E-state index contributed by atoms with van der Waals surface area (Å²) in [6, 6.07) is 6.22. The van der Waals surface area contributed by atoms with Crippen molar-refractivity contribution >= 4 is 34.2 Å². The van der Waals surface area contributed by atoms with E-state index in [0.717, 1.165) is 22.1 Å². The molecule has 1 atom stereocenters. The van der Waals surface area contributed by atoms with Crippen LogP contribution in [-0.4, -0.2) is 15.8 Å². The molecule has 0 aliphatic carbocycles. The molecule has 1 aromatic carbocycles. The zero-order valence-electron chi connectivity index (χ0n) is 10.1. The van der Waals surface area contributed by atoms with Crippen LogP contribution in [0.1, 0.15) is 18.9 Å². The van der Waals surface area contributed by atoms with Crippen LogP contribution in [0.4, 0.5) is 0 Å². The van der Waals surface area contributed by atoms with Crippen molar-refractivity contribution in [1.29, 1.82) is 0 Å². The van der Waals surface area contributed by atoms with E-state index in [1.54, 1.807) is 10.9 Å². The number of nitrogens with two attached hydrogens (primary N) is 1. The summed E-state index contributed by atoms with van der Waals surface area (Å²) >= 11 is 8.52. The molecule has 2 N–H and O–H groups in total. The molecular formula is C13H15ClIN3. The van der Waals surface area contributed by atoms with Crippen molar-refractivity contribution in [2.45, 2.75) is 25.8 Å². The monoisotopic (exact) mass is 375 g/mol. The number of aromatic nitrogens is 2. The van der Waals surface area contributed by atoms with E-state index < -0.39 is 0 Å². The molecule has 0 spiro atoms. The van der Waals surface area contributed by atoms with Gasteiger partial charge in [-0.2, -0.15) is 5.10 Å². The van der Waals surface area contributed by atoms with E-state index in [2.05, 4.69) is 40.7 Å². The molecule has 1 unspecified atom stereocenters. The first-order chi connectivity index (χ1) is 8.60. The van der Waals surface area contributed by atoms with Crippen LogP contribution >= 0.6 is 34.2 Å². The molecule has 96 valence electrons. The van der Waals surface area contributed by atoms with Crippen LogP contribution in [-0.2, 0) is 6.42 Å². The number of rotatable bonds is 4. The summed E-state index contributed by atoms with van der Waals surface area (Å²) in [5.41, 5.74) is 8.01. The molecule has 0 saturated carbocycles. The van der Waals surface area contributed by atoms with E-state index in [-0.39, 0.29) is 6.04 Å². The van der Waals surface area contributed by atoms with Crippen molar-refractivity contribution in [2.75, 3.05) is 0 Å². The van der Waals surface area contributed by atoms with Gasteiger partial charge in [0.05, 0.1) is 20.5 Å². The number of hydrogen-bond acceptors (Lipinski definition) is 2. The lowest BCUT2D eigenvalue weighted by Crippen LogP contribution is -2.21. The van der Waals surface area contributed by atoms with Gasteiger partial charge in [-0.3, -0.25) is 0 Å². The Balaban J connectivity index is 2.25. The van der Waals surface area contributed by atoms with Crippen LogP contribution in [0.15, 0.2) is 30.6 Å². The van der Waals surface area contributed by atoms with Crippen molar-refractivity contribution in [2.24, 2.45) is 5.73 Å². The number of halogens is 2. The first kappa shape index (κ1) is 13.8. The van der Waals surface area contributed by atoms with Crippen molar-refractivity contribution in [1.82, 2.24) is 9.78 Å². The summed E-state index contributed by atoms with van der Waals surface area (Å²) in [5.74, 6) is 0. The average Bonchev–Trinajstić information content (AvgIpc) is 2.75. The fourth-order valence-electron chi connectivity index (χ4n) is 1.74. The predicted octanol–water partition coefficient (Wildman–Crippen LogP) is 3.41. The van der Waals surface area contributed by atoms with Gasteiger partial charge in [0.25, 0.3) is 0 Å². The molecule has 18 heavy (non-hydrogen) atoms. The van der Waals surface area contributed by atoms with Crippen LogP contribution in [0.25, 0.3) is 5.69 Å². The maximum Gasteiger partial charge on any atom is 0.0832 e. The minimum atomic E-state index is 0.192. The van der Waals surface area contributed by atoms with Gasteiger partial charge in [0.15, 0.2) is 0 Å². The van der Waals surface area contributed by atoms with Gasteiger partial charge in [0, 0.05) is 12.2 Å². The van der Waals surface area contributed by atoms with Gasteiger partial charge in [-0.25, -0.2) is 4.68 Å². The number of hydrogen-bond donors (Lipinski definition) is 1. The van der Waals surface area contributed by atoms with E-state index >= 15 is 0 Å². The molecule has 0 aliphatic heterocycles. The van der Waals surface area contributed by atoms with E-state index in [0.29, 0.717) is 5.02 Å². The lowest BCUT2D eigenvalue weighted by Gasteiger charge is -2.11. The lowest BCUT2D eigenvalue weighted by molar-refractivity contribution is 0.646. The maximum absolute atomic E-state index is 6.30. The molecule has 5 heteroatoms. The molecule has 2 aromatic rings. The molecular weight excluding hydrogens is 361 g/mol. The lowest BCUT2D eigenvalue weighted by atomic mass is 10.0. The van der Waals surface area contributed by atoms with Gasteiger partial charge < -0.3 is 5.73 Å². The zero-order chi connectivity index (χ0) is 13.1. The van der Waals surface area contributed by atoms with Crippen molar-refractivity contribution < 1.29 is 0 Å². The van der Waals surface area contributed by atoms with Gasteiger partial charge in [0.2, 0.25) is 0 Å². The summed E-state index contributed by atoms with van der Waals surface area (Å²) in [6.07, 6.45) is 5.57. The molecule has 0 aliphatic rings. The summed E-state index contributed by atoms with van der Waals surface area (Å²) < 4.78 is 2.87. The molecule has 1 aromatic heterocycles. The highest BCUT2D eigenvalue weighted by Crippen LogP contribution is 2.22. The van der Waals surface area contributed by atoms with Crippen molar-refractivity contribution in [3.63, 3.8) is 0 Å². The Bertz CT molecular complexity index is 539. The van der Waals surface area contributed by atoms with Crippen LogP contribution in [0.3, 0.4) is 0 Å². The predicted molar refractivity (Wildman–Crippen MR) is 83.3 cm³/mol. The van der Waals surface area contributed by atoms with Gasteiger partial charge in [0.1, 0.15) is 0 Å². The Kier molecular flexibility index (Phi) is 4.64. The molecule has 0 bridgehead atoms. The normalized spacial score (nSPS) is 12.7. The summed E-state index contributed by atoms with van der Waals surface area (Å²) in [4.78, 5) is 0. The first-order valence-corrected chi connectivity index (χ1v) is 7.30. The summed E-state index contributed by atoms with van der Waals surface area (Å²) in [6.45, 7) is 2.09. The SMILES string of the molecule is CCC(N)Cc1ccc(-n2cc(I)cn2)c(Cl)c1. The topological polar surface area (TPSA) is 43.8 Å². The Morgan fingerprint density at radius 3 is 2.83 bits per heavy atom. The Labute approximate surface area is 125 Å². The highest BCUT2D eigenvalue weighted by Gasteiger charge is 2.07. The van der Waals surface area contributed by atoms with E-state index in [4.69, 9.17) is 17.3 Å². The van der Waals surface area contributed by atoms with Gasteiger partial charge in [-0.15, -0.1) is 0 Å². The second kappa shape index (κ2) is 6.04. The van der Waals surface area contributed by atoms with Crippen molar-refractivity contribution in [3.8, 4) is 5.69 Å². The zero-order valence-corrected chi connectivity index (χ0v) is 13.0. The molecule has 0 fully saturated rings. The standard InChI is InChI=1S/C13H15ClIN3/c1-2-11(16)5-9-3-4-13(12(14)6-9)18-8-10(15)7-17-18/h3-4,6-8,11H,2,5,16H2,1H3. The van der Waals surface area contributed by atoms with Crippen molar-refractivity contribution in [3.05, 3.63) is 44.7 Å². The van der Waals surface area contributed by atoms with E-state index in [9.17, 15) is 0 Å². The van der Waals surface area contributed by atoms with Gasteiger partial charge in [-0.1, -0.05) is 24.6 Å². The molecule has 0 radical (unpaired) electrons. The highest BCUT2D eigenvalue weighted by atomic mass is 127. The Hall–Kier alpha value is -0.590. The fourth-order valence-corrected chi connectivity index (χ4v) is 2.42. The molecule has 2 rings (SSSR count). The summed E-state index contributed by atoms with van der Waals surface area (Å²) in [7, 11) is 0. The largest absolute Gasteiger partial charge is 0.327 e. The molecule has 3 nitrogen and oxygen atoms in total. The van der Waals surface area contributed by atoms with Crippen LogP contribution in [0, 0.1) is 3.57 Å². The second-order valence-electron chi connectivity index (χ2n) is 4.26. The average molecular weight is 376 g/mol. The smallest absolute Gasteiger partial charge is 0.0832 e. The van der Waals surface area contributed by atoms with Gasteiger partial charge >= 0.3 is 0 Å². The third-order valence-corrected chi connectivity index (χ3v) is 3.69. The maximum atomic E-state index is 6.30. The quantitative estimate of drug-likeness (QED) is 0.832. The summed E-state index contributed by atoms with van der Waals surface area (Å²) in [5, 5.41) is 4.96. The third-order valence-electron chi connectivity index (χ3n) is 2.83. The Morgan fingerprint density at radius 1 is 1.50 bits per heavy atom. The van der Waals surface area contributed by atoms with E-state index in [1.165, 1.54) is 5.56 Å². The molecule has 0 saturated heterocycles. The first-order valence-electron chi connectivity index (χ1n) is 5.84. The van der Waals surface area contributed by atoms with Crippen LogP contribution in [0.5, 0.6) is 0 Å². The number of nitrogens with zero attached hydrogens (tertiary/aromatic N) is 2. The highest BCUT2D eigenvalue weighted by molar-refractivity contribution is 14.1. The third kappa shape index (κ3) is 3.24. The minimum absolute atomic E-state index is 0.192. The Morgan fingerprint density at radius 2 is 2.28 bits per heavy atom.